The van der Waals surface area contributed by atoms with Gasteiger partial charge in [-0.1, -0.05) is 6.92 Å². The first kappa shape index (κ1) is 12.8. The molecule has 0 saturated carbocycles. The molecule has 0 aliphatic carbocycles. The second-order valence-corrected chi connectivity index (χ2v) is 2.02. The predicted octanol–water partition coefficient (Wildman–Crippen LogP) is -0.389. The van der Waals surface area contributed by atoms with E-state index >= 15 is 0 Å². The monoisotopic (exact) mass is 161 g/mol. The van der Waals surface area contributed by atoms with Gasteiger partial charge in [0.25, 0.3) is 0 Å². The molecule has 0 aromatic heterocycles. The Kier molecular flexibility index (Phi) is 8.41. The van der Waals surface area contributed by atoms with E-state index in [9.17, 15) is 4.79 Å². The fourth-order valence-electron chi connectivity index (χ4n) is 0.432. The smallest absolute Gasteiger partial charge is 0.220 e. The summed E-state index contributed by atoms with van der Waals surface area (Å²) in [6.07, 6.45) is -1.43. The first-order valence-corrected chi connectivity index (χ1v) is 3.19. The highest BCUT2D eigenvalue weighted by Crippen LogP contribution is 2.01. The standard InChI is InChI=1S/C5H11NO3.C2H4/c1-3(5(6)9)2-4(7)8;1-2/h3-4,7-8H,2H2,1H3,(H2,6,9);1-2H2. The van der Waals surface area contributed by atoms with Crippen LogP contribution in [0.15, 0.2) is 13.2 Å². The van der Waals surface area contributed by atoms with Crippen LogP contribution in [0.4, 0.5) is 0 Å². The Morgan fingerprint density at radius 2 is 1.91 bits per heavy atom. The van der Waals surface area contributed by atoms with Crippen LogP contribution in [0.1, 0.15) is 13.3 Å². The molecule has 4 heteroatoms. The summed E-state index contributed by atoms with van der Waals surface area (Å²) < 4.78 is 0. The molecule has 0 radical (unpaired) electrons. The van der Waals surface area contributed by atoms with E-state index in [1.54, 1.807) is 6.92 Å². The molecule has 4 nitrogen and oxygen atoms in total. The molecule has 11 heavy (non-hydrogen) atoms. The molecule has 0 fully saturated rings. The first-order chi connectivity index (χ1) is 5.04. The van der Waals surface area contributed by atoms with E-state index in [1.807, 2.05) is 0 Å². The lowest BCUT2D eigenvalue weighted by atomic mass is 10.1. The summed E-state index contributed by atoms with van der Waals surface area (Å²) in [5, 5.41) is 16.6. The van der Waals surface area contributed by atoms with E-state index in [0.29, 0.717) is 0 Å². The maximum Gasteiger partial charge on any atom is 0.220 e. The fourth-order valence-corrected chi connectivity index (χ4v) is 0.432. The second kappa shape index (κ2) is 7.24. The molecule has 0 aliphatic rings. The largest absolute Gasteiger partial charge is 0.369 e. The minimum atomic E-state index is -1.44. The Bertz CT molecular complexity index is 114. The average Bonchev–Trinajstić information content (AvgIpc) is 1.90. The van der Waals surface area contributed by atoms with Gasteiger partial charge < -0.3 is 15.9 Å². The Morgan fingerprint density at radius 3 is 2.00 bits per heavy atom. The van der Waals surface area contributed by atoms with Gasteiger partial charge in [0.05, 0.1) is 0 Å². The second-order valence-electron chi connectivity index (χ2n) is 2.02. The predicted molar refractivity (Wildman–Crippen MR) is 42.5 cm³/mol. The van der Waals surface area contributed by atoms with Crippen LogP contribution in [0.5, 0.6) is 0 Å². The number of carbonyl (C=O) groups is 1. The zero-order valence-corrected chi connectivity index (χ0v) is 6.66. The lowest BCUT2D eigenvalue weighted by Crippen LogP contribution is -2.24. The zero-order valence-electron chi connectivity index (χ0n) is 6.66. The van der Waals surface area contributed by atoms with E-state index in [-0.39, 0.29) is 6.42 Å². The molecule has 1 atom stereocenters. The van der Waals surface area contributed by atoms with Gasteiger partial charge in [-0.3, -0.25) is 4.79 Å². The van der Waals surface area contributed by atoms with Crippen LogP contribution in [-0.2, 0) is 4.79 Å². The van der Waals surface area contributed by atoms with E-state index < -0.39 is 18.1 Å². The van der Waals surface area contributed by atoms with Crippen molar-refractivity contribution in [2.45, 2.75) is 19.6 Å². The molecule has 4 N–H and O–H groups in total. The van der Waals surface area contributed by atoms with Gasteiger partial charge in [0, 0.05) is 12.3 Å². The Hall–Kier alpha value is -0.870. The third-order valence-corrected chi connectivity index (χ3v) is 1.05. The highest BCUT2D eigenvalue weighted by atomic mass is 16.5. The number of rotatable bonds is 3. The molecule has 0 aromatic rings. The van der Waals surface area contributed by atoms with Crippen LogP contribution in [0.25, 0.3) is 0 Å². The number of hydrogen-bond donors (Lipinski definition) is 3. The summed E-state index contributed by atoms with van der Waals surface area (Å²) in [6, 6.07) is 0. The molecular formula is C7H15NO3. The van der Waals surface area contributed by atoms with Crippen molar-refractivity contribution in [3.05, 3.63) is 13.2 Å². The minimum absolute atomic E-state index is 0.00926. The quantitative estimate of drug-likeness (QED) is 0.389. The van der Waals surface area contributed by atoms with Gasteiger partial charge in [0.2, 0.25) is 5.91 Å². The number of primary amides is 1. The van der Waals surface area contributed by atoms with Gasteiger partial charge in [0.1, 0.15) is 0 Å². The van der Waals surface area contributed by atoms with Crippen molar-refractivity contribution in [2.24, 2.45) is 11.7 Å². The van der Waals surface area contributed by atoms with Crippen LogP contribution in [0, 0.1) is 5.92 Å². The molecule has 1 amide bonds. The number of aliphatic hydroxyl groups excluding tert-OH is 1. The third kappa shape index (κ3) is 9.13. The van der Waals surface area contributed by atoms with E-state index in [1.165, 1.54) is 0 Å². The van der Waals surface area contributed by atoms with Crippen molar-refractivity contribution < 1.29 is 15.0 Å². The molecule has 0 heterocycles. The van der Waals surface area contributed by atoms with Crippen molar-refractivity contribution in [3.63, 3.8) is 0 Å². The molecule has 0 aliphatic heterocycles. The van der Waals surface area contributed by atoms with Crippen LogP contribution in [0.3, 0.4) is 0 Å². The van der Waals surface area contributed by atoms with Gasteiger partial charge in [-0.05, 0) is 0 Å². The summed E-state index contributed by atoms with van der Waals surface area (Å²) in [4.78, 5) is 10.2. The molecule has 0 bridgehead atoms. The summed E-state index contributed by atoms with van der Waals surface area (Å²) in [7, 11) is 0. The number of amides is 1. The molecule has 66 valence electrons. The van der Waals surface area contributed by atoms with Crippen LogP contribution in [-0.4, -0.2) is 22.4 Å². The number of carbonyl (C=O) groups excluding carboxylic acids is 1. The summed E-state index contributed by atoms with van der Waals surface area (Å²) in [5.74, 6) is -0.979. The normalized spacial score (nSPS) is 11.6. The maximum atomic E-state index is 10.2. The van der Waals surface area contributed by atoms with Crippen molar-refractivity contribution in [2.75, 3.05) is 0 Å². The first-order valence-electron chi connectivity index (χ1n) is 3.19. The Labute approximate surface area is 66.3 Å². The lowest BCUT2D eigenvalue weighted by molar-refractivity contribution is -0.125. The molecule has 1 unspecified atom stereocenters. The molecule has 0 spiro atoms. The van der Waals surface area contributed by atoms with Gasteiger partial charge in [0.15, 0.2) is 6.29 Å². The number of aliphatic hydroxyl groups is 2. The summed E-state index contributed by atoms with van der Waals surface area (Å²) >= 11 is 0. The van der Waals surface area contributed by atoms with Gasteiger partial charge in [-0.2, -0.15) is 0 Å². The minimum Gasteiger partial charge on any atom is -0.369 e. The summed E-state index contributed by atoms with van der Waals surface area (Å²) in [6.45, 7) is 7.54. The molecular weight excluding hydrogens is 146 g/mol. The topological polar surface area (TPSA) is 83.6 Å². The van der Waals surface area contributed by atoms with E-state index in [0.717, 1.165) is 0 Å². The highest BCUT2D eigenvalue weighted by Gasteiger charge is 2.11. The van der Waals surface area contributed by atoms with Crippen molar-refractivity contribution in [1.82, 2.24) is 0 Å². The van der Waals surface area contributed by atoms with Crippen LogP contribution in [0.2, 0.25) is 0 Å². The summed E-state index contributed by atoms with van der Waals surface area (Å²) in [5.41, 5.74) is 4.82. The van der Waals surface area contributed by atoms with Crippen LogP contribution >= 0.6 is 0 Å². The molecule has 0 saturated heterocycles. The highest BCUT2D eigenvalue weighted by molar-refractivity contribution is 5.76. The van der Waals surface area contributed by atoms with Crippen LogP contribution < -0.4 is 5.73 Å². The lowest BCUT2D eigenvalue weighted by Gasteiger charge is -2.06. The van der Waals surface area contributed by atoms with Crippen molar-refractivity contribution in [1.29, 1.82) is 0 Å². The molecule has 0 aromatic carbocycles. The Balaban J connectivity index is 0. The zero-order chi connectivity index (χ0) is 9.44. The van der Waals surface area contributed by atoms with Crippen molar-refractivity contribution >= 4 is 5.91 Å². The van der Waals surface area contributed by atoms with E-state index in [4.69, 9.17) is 15.9 Å². The van der Waals surface area contributed by atoms with Gasteiger partial charge in [-0.25, -0.2) is 0 Å². The number of hydrogen-bond acceptors (Lipinski definition) is 3. The maximum absolute atomic E-state index is 10.2. The SMILES string of the molecule is C=C.CC(CC(O)O)C(N)=O. The number of nitrogens with two attached hydrogens (primary N) is 1. The van der Waals surface area contributed by atoms with Gasteiger partial charge in [-0.15, -0.1) is 13.2 Å². The third-order valence-electron chi connectivity index (χ3n) is 1.05. The average molecular weight is 161 g/mol. The fraction of sp³-hybridized carbons (Fsp3) is 0.571. The molecule has 0 rings (SSSR count). The van der Waals surface area contributed by atoms with Crippen molar-refractivity contribution in [3.8, 4) is 0 Å². The van der Waals surface area contributed by atoms with Gasteiger partial charge >= 0.3 is 0 Å². The Morgan fingerprint density at radius 1 is 1.55 bits per heavy atom. The van der Waals surface area contributed by atoms with E-state index in [2.05, 4.69) is 13.2 Å².